The minimum atomic E-state index is -0.766. The van der Waals surface area contributed by atoms with Gasteiger partial charge in [-0.25, -0.2) is 0 Å². The predicted octanol–water partition coefficient (Wildman–Crippen LogP) is 1.34. The van der Waals surface area contributed by atoms with Gasteiger partial charge in [-0.2, -0.15) is 0 Å². The van der Waals surface area contributed by atoms with Gasteiger partial charge >= 0.3 is 0 Å². The number of hydrogen-bond acceptors (Lipinski definition) is 1. The molecule has 0 bridgehead atoms. The first kappa shape index (κ1) is 6.87. The van der Waals surface area contributed by atoms with Crippen LogP contribution in [0.25, 0.3) is 0 Å². The zero-order valence-corrected chi connectivity index (χ0v) is 6.91. The molecule has 56 valence electrons. The highest BCUT2D eigenvalue weighted by Crippen LogP contribution is 2.19. The van der Waals surface area contributed by atoms with E-state index < -0.39 is 10.8 Å². The second-order valence-electron chi connectivity index (χ2n) is 2.62. The van der Waals surface area contributed by atoms with Crippen molar-refractivity contribution in [3.63, 3.8) is 0 Å². The van der Waals surface area contributed by atoms with E-state index in [1.807, 2.05) is 6.07 Å². The lowest BCUT2D eigenvalue weighted by Crippen LogP contribution is -2.08. The van der Waals surface area contributed by atoms with E-state index in [9.17, 15) is 4.21 Å². The summed E-state index contributed by atoms with van der Waals surface area (Å²) in [4.78, 5) is 0.968. The molecule has 1 heterocycles. The third-order valence-electron chi connectivity index (χ3n) is 1.87. The van der Waals surface area contributed by atoms with E-state index in [1.165, 1.54) is 5.56 Å². The Hall–Kier alpha value is -0.810. The van der Waals surface area contributed by atoms with Crippen LogP contribution in [0.1, 0.15) is 12.0 Å². The fourth-order valence-corrected chi connectivity index (χ4v) is 2.58. The van der Waals surface area contributed by atoms with Gasteiger partial charge in [0.25, 0.3) is 0 Å². The van der Waals surface area contributed by atoms with Gasteiger partial charge in [-0.15, -0.1) is 0 Å². The topological polar surface area (TPSA) is 17.1 Å². The summed E-state index contributed by atoms with van der Waals surface area (Å²) in [5, 5.41) is 0. The Bertz CT molecular complexity index is 293. The molecule has 1 aromatic rings. The molecule has 2 rings (SSSR count). The van der Waals surface area contributed by atoms with E-state index in [0.29, 0.717) is 0 Å². The summed E-state index contributed by atoms with van der Waals surface area (Å²) >= 11 is 0. The molecule has 1 aromatic carbocycles. The molecule has 0 aliphatic carbocycles. The van der Waals surface area contributed by atoms with Gasteiger partial charge in [0.05, 0.1) is 15.7 Å². The molecule has 1 atom stereocenters. The molecule has 0 aromatic heterocycles. The van der Waals surface area contributed by atoms with Gasteiger partial charge in [0.1, 0.15) is 0 Å². The quantitative estimate of drug-likeness (QED) is 0.565. The molecule has 1 aliphatic heterocycles. The van der Waals surface area contributed by atoms with Crippen LogP contribution in [0, 0.1) is 12.1 Å². The third-order valence-corrected chi connectivity index (χ3v) is 3.40. The van der Waals surface area contributed by atoms with Gasteiger partial charge in [-0.3, -0.25) is 4.21 Å². The van der Waals surface area contributed by atoms with Gasteiger partial charge in [0.2, 0.25) is 0 Å². The van der Waals surface area contributed by atoms with Crippen LogP contribution in [-0.2, 0) is 17.2 Å². The number of aryl methyl sites for hydroxylation is 1. The van der Waals surface area contributed by atoms with E-state index in [2.05, 4.69) is 12.1 Å². The fourth-order valence-electron chi connectivity index (χ4n) is 1.31. The molecule has 2 heteroatoms. The van der Waals surface area contributed by atoms with Gasteiger partial charge < -0.3 is 0 Å². The first-order valence-corrected chi connectivity index (χ1v) is 4.99. The zero-order valence-electron chi connectivity index (χ0n) is 6.09. The van der Waals surface area contributed by atoms with Crippen molar-refractivity contribution in [1.82, 2.24) is 0 Å². The monoisotopic (exact) mass is 164 g/mol. The first-order valence-electron chi connectivity index (χ1n) is 3.67. The Morgan fingerprint density at radius 2 is 2.18 bits per heavy atom. The summed E-state index contributed by atoms with van der Waals surface area (Å²) in [5.41, 5.74) is 1.19. The minimum absolute atomic E-state index is 0.766. The largest absolute Gasteiger partial charge is 0.254 e. The lowest BCUT2D eigenvalue weighted by atomic mass is 10.1. The standard InChI is InChI=1S/C9H8OS/c10-11-7-3-5-8-4-1-2-6-9(8)11/h4,6H,3,5,7H2. The molecule has 1 unspecified atom stereocenters. The highest BCUT2D eigenvalue weighted by Gasteiger charge is 2.13. The van der Waals surface area contributed by atoms with Crippen molar-refractivity contribution >= 4 is 10.8 Å². The van der Waals surface area contributed by atoms with Gasteiger partial charge in [-0.05, 0) is 24.5 Å². The normalized spacial score (nSPS) is 22.0. The smallest absolute Gasteiger partial charge is 0.0539 e. The number of rotatable bonds is 0. The summed E-state index contributed by atoms with van der Waals surface area (Å²) in [5.74, 6) is 0.810. The molecular formula is C9H8OS. The fraction of sp³-hybridized carbons (Fsp3) is 0.333. The van der Waals surface area contributed by atoms with Crippen LogP contribution < -0.4 is 0 Å². The second-order valence-corrected chi connectivity index (χ2v) is 4.16. The molecular weight excluding hydrogens is 156 g/mol. The zero-order chi connectivity index (χ0) is 7.68. The van der Waals surface area contributed by atoms with Crippen LogP contribution >= 0.6 is 0 Å². The van der Waals surface area contributed by atoms with E-state index >= 15 is 0 Å². The van der Waals surface area contributed by atoms with E-state index in [0.717, 1.165) is 23.5 Å². The highest BCUT2D eigenvalue weighted by atomic mass is 32.2. The Morgan fingerprint density at radius 1 is 1.36 bits per heavy atom. The molecule has 1 nitrogen and oxygen atoms in total. The molecule has 1 aliphatic rings. The van der Waals surface area contributed by atoms with Crippen LogP contribution in [0.15, 0.2) is 17.0 Å². The maximum atomic E-state index is 11.4. The van der Waals surface area contributed by atoms with Crippen LogP contribution in [-0.4, -0.2) is 9.96 Å². The Morgan fingerprint density at radius 3 is 3.00 bits per heavy atom. The van der Waals surface area contributed by atoms with Crippen molar-refractivity contribution < 1.29 is 4.21 Å². The van der Waals surface area contributed by atoms with Crippen molar-refractivity contribution in [3.8, 4) is 0 Å². The SMILES string of the molecule is O=S1CCCc2cc#ccc21. The maximum absolute atomic E-state index is 11.4. The molecule has 0 saturated heterocycles. The predicted molar refractivity (Wildman–Crippen MR) is 43.7 cm³/mol. The van der Waals surface area contributed by atoms with Crippen LogP contribution in [0.5, 0.6) is 0 Å². The summed E-state index contributed by atoms with van der Waals surface area (Å²) in [6.45, 7) is 0. The first-order chi connectivity index (χ1) is 5.38. The van der Waals surface area contributed by atoms with E-state index in [-0.39, 0.29) is 0 Å². The van der Waals surface area contributed by atoms with Gasteiger partial charge in [0, 0.05) is 11.8 Å². The van der Waals surface area contributed by atoms with Crippen molar-refractivity contribution in [2.45, 2.75) is 17.7 Å². The minimum Gasteiger partial charge on any atom is -0.254 e. The number of fused-ring (bicyclic) bond motifs is 1. The lowest BCUT2D eigenvalue weighted by molar-refractivity contribution is 0.674. The Balaban J connectivity index is 2.52. The average Bonchev–Trinajstić information content (AvgIpc) is 2.06. The van der Waals surface area contributed by atoms with E-state index in [4.69, 9.17) is 0 Å². The molecule has 0 amide bonds. The van der Waals surface area contributed by atoms with E-state index in [1.54, 1.807) is 6.07 Å². The lowest BCUT2D eigenvalue weighted by Gasteiger charge is -2.12. The van der Waals surface area contributed by atoms with Crippen LogP contribution in [0.2, 0.25) is 0 Å². The highest BCUT2D eigenvalue weighted by molar-refractivity contribution is 7.85. The molecule has 0 spiro atoms. The molecule has 0 N–H and O–H groups in total. The van der Waals surface area contributed by atoms with Crippen molar-refractivity contribution in [1.29, 1.82) is 0 Å². The van der Waals surface area contributed by atoms with Crippen molar-refractivity contribution in [2.75, 3.05) is 5.75 Å². The molecule has 11 heavy (non-hydrogen) atoms. The molecule has 0 fully saturated rings. The van der Waals surface area contributed by atoms with Crippen LogP contribution in [0.3, 0.4) is 0 Å². The third kappa shape index (κ3) is 1.17. The molecule has 0 radical (unpaired) electrons. The van der Waals surface area contributed by atoms with Gasteiger partial charge in [0.15, 0.2) is 0 Å². The number of hydrogen-bond donors (Lipinski definition) is 0. The Kier molecular flexibility index (Phi) is 1.67. The summed E-state index contributed by atoms with van der Waals surface area (Å²) in [6.07, 6.45) is 2.09. The van der Waals surface area contributed by atoms with Crippen molar-refractivity contribution in [3.05, 3.63) is 29.8 Å². The summed E-state index contributed by atoms with van der Waals surface area (Å²) in [6, 6.07) is 9.41. The van der Waals surface area contributed by atoms with Crippen LogP contribution in [0.4, 0.5) is 0 Å². The van der Waals surface area contributed by atoms with Crippen molar-refractivity contribution in [2.24, 2.45) is 0 Å². The average molecular weight is 164 g/mol. The van der Waals surface area contributed by atoms with Gasteiger partial charge in [-0.1, -0.05) is 12.1 Å². The second kappa shape index (κ2) is 2.67. The molecule has 0 saturated carbocycles. The summed E-state index contributed by atoms with van der Waals surface area (Å²) < 4.78 is 11.4. The Labute approximate surface area is 68.9 Å². The maximum Gasteiger partial charge on any atom is 0.0539 e. The summed E-state index contributed by atoms with van der Waals surface area (Å²) in [7, 11) is -0.766.